The molecule has 7 nitrogen and oxygen atoms in total. The third kappa shape index (κ3) is 2.81. The lowest BCUT2D eigenvalue weighted by Crippen LogP contribution is -2.25. The molecular weight excluding hydrogens is 285 g/mol. The largest absolute Gasteiger partial charge is 0.256 e. The highest BCUT2D eigenvalue weighted by molar-refractivity contribution is 7.89. The number of hydrogen-bond acceptors (Lipinski definition) is 5. The van der Waals surface area contributed by atoms with E-state index in [0.717, 1.165) is 12.1 Å². The second-order valence-corrected chi connectivity index (χ2v) is 5.62. The maximum atomic E-state index is 13.4. The van der Waals surface area contributed by atoms with E-state index in [4.69, 9.17) is 5.26 Å². The third-order valence-electron chi connectivity index (χ3n) is 2.44. The van der Waals surface area contributed by atoms with Crippen molar-refractivity contribution >= 4 is 10.0 Å². The zero-order valence-corrected chi connectivity index (χ0v) is 11.2. The van der Waals surface area contributed by atoms with E-state index >= 15 is 0 Å². The molecule has 0 radical (unpaired) electrons. The van der Waals surface area contributed by atoms with Crippen LogP contribution in [-0.2, 0) is 23.6 Å². The molecule has 0 aliphatic carbocycles. The standard InChI is InChI=1S/C11H10FN5O2S/c1-17-7-14-11(16-17)6-15-20(18,19)10-4-2-3-9(12)8(10)5-13/h2-4,7,15H,6H2,1H3. The van der Waals surface area contributed by atoms with Crippen LogP contribution in [0.4, 0.5) is 4.39 Å². The lowest BCUT2D eigenvalue weighted by Gasteiger charge is -2.07. The number of nitrogens with one attached hydrogen (secondary N) is 1. The molecule has 104 valence electrons. The molecule has 0 unspecified atom stereocenters. The van der Waals surface area contributed by atoms with Crippen molar-refractivity contribution in [1.82, 2.24) is 19.5 Å². The van der Waals surface area contributed by atoms with Gasteiger partial charge in [-0.2, -0.15) is 10.4 Å². The van der Waals surface area contributed by atoms with Gasteiger partial charge in [-0.1, -0.05) is 6.07 Å². The SMILES string of the molecule is Cn1cnc(CNS(=O)(=O)c2cccc(F)c2C#N)n1. The number of nitriles is 1. The average molecular weight is 295 g/mol. The van der Waals surface area contributed by atoms with Crippen LogP contribution in [0.1, 0.15) is 11.4 Å². The van der Waals surface area contributed by atoms with Crippen molar-refractivity contribution < 1.29 is 12.8 Å². The van der Waals surface area contributed by atoms with E-state index in [1.807, 2.05) is 0 Å². The summed E-state index contributed by atoms with van der Waals surface area (Å²) in [4.78, 5) is 3.45. The van der Waals surface area contributed by atoms with Gasteiger partial charge in [0.05, 0.1) is 6.54 Å². The molecule has 0 aliphatic heterocycles. The van der Waals surface area contributed by atoms with E-state index in [9.17, 15) is 12.8 Å². The van der Waals surface area contributed by atoms with Gasteiger partial charge in [0.25, 0.3) is 0 Å². The van der Waals surface area contributed by atoms with Gasteiger partial charge in [0.15, 0.2) is 5.82 Å². The Morgan fingerprint density at radius 2 is 2.25 bits per heavy atom. The maximum Gasteiger partial charge on any atom is 0.242 e. The van der Waals surface area contributed by atoms with Crippen molar-refractivity contribution in [2.75, 3.05) is 0 Å². The van der Waals surface area contributed by atoms with Crippen molar-refractivity contribution in [3.05, 3.63) is 41.7 Å². The van der Waals surface area contributed by atoms with Crippen molar-refractivity contribution in [2.24, 2.45) is 7.05 Å². The predicted molar refractivity (Wildman–Crippen MR) is 66.1 cm³/mol. The van der Waals surface area contributed by atoms with Crippen LogP contribution < -0.4 is 4.72 Å². The van der Waals surface area contributed by atoms with Crippen LogP contribution in [-0.4, -0.2) is 23.2 Å². The van der Waals surface area contributed by atoms with Crippen LogP contribution in [0, 0.1) is 17.1 Å². The monoisotopic (exact) mass is 295 g/mol. The first-order valence-corrected chi connectivity index (χ1v) is 6.95. The summed E-state index contributed by atoms with van der Waals surface area (Å²) in [5.74, 6) is -0.614. The fourth-order valence-electron chi connectivity index (χ4n) is 1.54. The van der Waals surface area contributed by atoms with E-state index < -0.39 is 26.3 Å². The Bertz CT molecular complexity index is 778. The molecule has 1 aromatic carbocycles. The van der Waals surface area contributed by atoms with Crippen LogP contribution in [0.25, 0.3) is 0 Å². The molecular formula is C11H10FN5O2S. The minimum atomic E-state index is -4.02. The molecule has 1 N–H and O–H groups in total. The highest BCUT2D eigenvalue weighted by Crippen LogP contribution is 2.17. The Labute approximate surface area is 114 Å². The predicted octanol–water partition coefficient (Wildman–Crippen LogP) is 0.304. The normalized spacial score (nSPS) is 11.2. The summed E-state index contributed by atoms with van der Waals surface area (Å²) in [7, 11) is -2.37. The number of halogens is 1. The first-order chi connectivity index (χ1) is 9.44. The smallest absolute Gasteiger partial charge is 0.242 e. The minimum absolute atomic E-state index is 0.148. The molecule has 2 rings (SSSR count). The first-order valence-electron chi connectivity index (χ1n) is 5.47. The number of sulfonamides is 1. The zero-order chi connectivity index (χ0) is 14.8. The number of aryl methyl sites for hydroxylation is 1. The molecule has 0 atom stereocenters. The minimum Gasteiger partial charge on any atom is -0.256 e. The molecule has 2 aromatic rings. The third-order valence-corrected chi connectivity index (χ3v) is 3.89. The van der Waals surface area contributed by atoms with Crippen molar-refractivity contribution in [3.8, 4) is 6.07 Å². The summed E-state index contributed by atoms with van der Waals surface area (Å²) in [6.07, 6.45) is 1.42. The Hall–Kier alpha value is -2.31. The fraction of sp³-hybridized carbons (Fsp3) is 0.182. The number of nitrogens with zero attached hydrogens (tertiary/aromatic N) is 4. The molecule has 0 amide bonds. The van der Waals surface area contributed by atoms with E-state index in [0.29, 0.717) is 0 Å². The number of benzene rings is 1. The Kier molecular flexibility index (Phi) is 3.78. The summed E-state index contributed by atoms with van der Waals surface area (Å²) in [6, 6.07) is 4.96. The van der Waals surface area contributed by atoms with Crippen molar-refractivity contribution in [1.29, 1.82) is 5.26 Å². The number of hydrogen-bond donors (Lipinski definition) is 1. The van der Waals surface area contributed by atoms with Gasteiger partial charge in [0.2, 0.25) is 10.0 Å². The van der Waals surface area contributed by atoms with Crippen LogP contribution in [0.15, 0.2) is 29.4 Å². The number of rotatable bonds is 4. The highest BCUT2D eigenvalue weighted by Gasteiger charge is 2.21. The Morgan fingerprint density at radius 3 is 2.85 bits per heavy atom. The van der Waals surface area contributed by atoms with Gasteiger partial charge in [-0.15, -0.1) is 0 Å². The van der Waals surface area contributed by atoms with Gasteiger partial charge in [-0.25, -0.2) is 22.5 Å². The van der Waals surface area contributed by atoms with Crippen LogP contribution >= 0.6 is 0 Å². The maximum absolute atomic E-state index is 13.4. The van der Waals surface area contributed by atoms with Gasteiger partial charge in [0.1, 0.15) is 28.7 Å². The second kappa shape index (κ2) is 5.36. The molecule has 0 spiro atoms. The van der Waals surface area contributed by atoms with Crippen LogP contribution in [0.2, 0.25) is 0 Å². The summed E-state index contributed by atoms with van der Waals surface area (Å²) in [6.45, 7) is -0.148. The van der Waals surface area contributed by atoms with E-state index in [1.165, 1.54) is 17.1 Å². The summed E-state index contributed by atoms with van der Waals surface area (Å²) in [5, 5.41) is 12.7. The molecule has 1 aromatic heterocycles. The molecule has 20 heavy (non-hydrogen) atoms. The van der Waals surface area contributed by atoms with Gasteiger partial charge >= 0.3 is 0 Å². The Balaban J connectivity index is 2.27. The van der Waals surface area contributed by atoms with E-state index in [1.54, 1.807) is 13.1 Å². The summed E-state index contributed by atoms with van der Waals surface area (Å²) >= 11 is 0. The second-order valence-electron chi connectivity index (χ2n) is 3.88. The molecule has 0 bridgehead atoms. The van der Waals surface area contributed by atoms with E-state index in [2.05, 4.69) is 14.8 Å². The van der Waals surface area contributed by atoms with Crippen LogP contribution in [0.3, 0.4) is 0 Å². The average Bonchev–Trinajstić information content (AvgIpc) is 2.82. The lowest BCUT2D eigenvalue weighted by atomic mass is 10.2. The number of aromatic nitrogens is 3. The highest BCUT2D eigenvalue weighted by atomic mass is 32.2. The van der Waals surface area contributed by atoms with Gasteiger partial charge in [-0.05, 0) is 12.1 Å². The van der Waals surface area contributed by atoms with Gasteiger partial charge < -0.3 is 0 Å². The van der Waals surface area contributed by atoms with Gasteiger partial charge in [0, 0.05) is 7.05 Å². The fourth-order valence-corrected chi connectivity index (χ4v) is 2.68. The molecule has 9 heteroatoms. The molecule has 1 heterocycles. The molecule has 0 saturated heterocycles. The molecule has 0 aliphatic rings. The van der Waals surface area contributed by atoms with E-state index in [-0.39, 0.29) is 12.4 Å². The topological polar surface area (TPSA) is 101 Å². The molecule has 0 saturated carbocycles. The van der Waals surface area contributed by atoms with Crippen molar-refractivity contribution in [3.63, 3.8) is 0 Å². The molecule has 0 fully saturated rings. The zero-order valence-electron chi connectivity index (χ0n) is 10.4. The summed E-state index contributed by atoms with van der Waals surface area (Å²) in [5.41, 5.74) is -0.519. The van der Waals surface area contributed by atoms with Crippen LogP contribution in [0.5, 0.6) is 0 Å². The van der Waals surface area contributed by atoms with Crippen molar-refractivity contribution in [2.45, 2.75) is 11.4 Å². The van der Waals surface area contributed by atoms with Gasteiger partial charge in [-0.3, -0.25) is 4.68 Å². The first kappa shape index (κ1) is 14.1. The summed E-state index contributed by atoms with van der Waals surface area (Å²) < 4.78 is 41.2. The lowest BCUT2D eigenvalue weighted by molar-refractivity contribution is 0.574. The quantitative estimate of drug-likeness (QED) is 0.874. The Morgan fingerprint density at radius 1 is 1.50 bits per heavy atom.